The molecule has 1 aromatic carbocycles. The summed E-state index contributed by atoms with van der Waals surface area (Å²) in [7, 11) is 4.47. The van der Waals surface area contributed by atoms with E-state index in [0.29, 0.717) is 27.7 Å². The molecule has 1 saturated heterocycles. The van der Waals surface area contributed by atoms with Crippen LogP contribution in [0.4, 0.5) is 0 Å². The van der Waals surface area contributed by atoms with Gasteiger partial charge in [0.05, 0.1) is 38.2 Å². The number of amides is 1. The summed E-state index contributed by atoms with van der Waals surface area (Å²) in [6.07, 6.45) is 1.59. The van der Waals surface area contributed by atoms with E-state index in [4.69, 9.17) is 26.4 Å². The fourth-order valence-electron chi connectivity index (χ4n) is 2.26. The summed E-state index contributed by atoms with van der Waals surface area (Å²) in [6.45, 7) is 1.35. The Bertz CT molecular complexity index is 736. The van der Waals surface area contributed by atoms with Crippen molar-refractivity contribution in [2.75, 3.05) is 21.3 Å². The Hall–Kier alpha value is -2.26. The van der Waals surface area contributed by atoms with Crippen LogP contribution in [-0.4, -0.2) is 48.5 Å². The molecule has 9 heteroatoms. The van der Waals surface area contributed by atoms with E-state index in [0.717, 1.165) is 16.7 Å². The first-order valence-electron chi connectivity index (χ1n) is 7.12. The normalized spacial score (nSPS) is 17.0. The molecule has 7 nitrogen and oxygen atoms in total. The number of carbonyl (C=O) groups is 2. The first kappa shape index (κ1) is 19.1. The quantitative estimate of drug-likeness (QED) is 0.533. The van der Waals surface area contributed by atoms with Gasteiger partial charge in [-0.2, -0.15) is 0 Å². The number of aliphatic carboxylic acids is 1. The standard InChI is InChI=1S/C16H17NO6S2/c1-8(15(19)20)17-14(18)12(25-16(17)24)7-9-5-10(21-2)13(23-4)11(6-9)22-3/h5-8H,1-4H3,(H,19,20)/p-1/b12-7-/t8-/m1/s1. The second-order valence-corrected chi connectivity index (χ2v) is 6.68. The Morgan fingerprint density at radius 3 is 2.24 bits per heavy atom. The molecule has 1 aliphatic rings. The van der Waals surface area contributed by atoms with Crippen LogP contribution in [0.5, 0.6) is 17.2 Å². The summed E-state index contributed by atoms with van der Waals surface area (Å²) < 4.78 is 16.0. The highest BCUT2D eigenvalue weighted by Crippen LogP contribution is 2.40. The van der Waals surface area contributed by atoms with Crippen molar-refractivity contribution in [2.24, 2.45) is 0 Å². The van der Waals surface area contributed by atoms with Crippen LogP contribution in [0.2, 0.25) is 0 Å². The number of nitrogens with zero attached hydrogens (tertiary/aromatic N) is 1. The van der Waals surface area contributed by atoms with Crippen LogP contribution in [0.25, 0.3) is 6.08 Å². The van der Waals surface area contributed by atoms with Crippen LogP contribution in [0.1, 0.15) is 12.5 Å². The third-order valence-electron chi connectivity index (χ3n) is 3.54. The van der Waals surface area contributed by atoms with Gasteiger partial charge in [-0.15, -0.1) is 0 Å². The summed E-state index contributed by atoms with van der Waals surface area (Å²) in [5.41, 5.74) is 0.621. The molecule has 0 saturated carbocycles. The number of rotatable bonds is 6. The molecule has 134 valence electrons. The molecule has 0 radical (unpaired) electrons. The van der Waals surface area contributed by atoms with Gasteiger partial charge >= 0.3 is 0 Å². The van der Waals surface area contributed by atoms with Gasteiger partial charge in [-0.25, -0.2) is 0 Å². The van der Waals surface area contributed by atoms with Gasteiger partial charge in [0.2, 0.25) is 5.75 Å². The number of carbonyl (C=O) groups excluding carboxylic acids is 2. The predicted molar refractivity (Wildman–Crippen MR) is 95.6 cm³/mol. The van der Waals surface area contributed by atoms with Gasteiger partial charge in [-0.1, -0.05) is 24.0 Å². The Morgan fingerprint density at radius 2 is 1.80 bits per heavy atom. The Balaban J connectivity index is 2.43. The summed E-state index contributed by atoms with van der Waals surface area (Å²) in [5.74, 6) is -0.551. The minimum Gasteiger partial charge on any atom is -0.548 e. The van der Waals surface area contributed by atoms with Crippen LogP contribution in [-0.2, 0) is 9.59 Å². The number of ether oxygens (including phenoxy) is 3. The molecule has 1 aliphatic heterocycles. The maximum Gasteiger partial charge on any atom is 0.266 e. The SMILES string of the molecule is COc1cc(/C=C2\SC(=S)N([C@H](C)C(=O)[O-])C2=O)cc(OC)c1OC. The van der Waals surface area contributed by atoms with E-state index >= 15 is 0 Å². The lowest BCUT2D eigenvalue weighted by molar-refractivity contribution is -0.309. The summed E-state index contributed by atoms with van der Waals surface area (Å²) in [5, 5.41) is 11.0. The summed E-state index contributed by atoms with van der Waals surface area (Å²) in [4.78, 5) is 24.8. The number of benzene rings is 1. The Labute approximate surface area is 154 Å². The average Bonchev–Trinajstić information content (AvgIpc) is 2.86. The number of carboxylic acids is 1. The Kier molecular flexibility index (Phi) is 5.91. The van der Waals surface area contributed by atoms with Gasteiger partial charge in [-0.3, -0.25) is 9.69 Å². The fourth-order valence-corrected chi connectivity index (χ4v) is 3.67. The van der Waals surface area contributed by atoms with Crippen LogP contribution in [0.15, 0.2) is 17.0 Å². The summed E-state index contributed by atoms with van der Waals surface area (Å²) in [6, 6.07) is 2.21. The van der Waals surface area contributed by atoms with E-state index in [1.807, 2.05) is 0 Å². The van der Waals surface area contributed by atoms with Crippen molar-refractivity contribution in [1.82, 2.24) is 4.90 Å². The molecule has 1 aromatic rings. The van der Waals surface area contributed by atoms with Gasteiger partial charge in [0, 0.05) is 0 Å². The second kappa shape index (κ2) is 7.75. The molecule has 0 aliphatic carbocycles. The summed E-state index contributed by atoms with van der Waals surface area (Å²) >= 11 is 6.13. The number of carboxylic acid groups (broad SMARTS) is 1. The van der Waals surface area contributed by atoms with Crippen LogP contribution < -0.4 is 19.3 Å². The molecular formula is C16H16NO6S2-. The number of thiocarbonyl (C=S) groups is 1. The molecule has 1 atom stereocenters. The third kappa shape index (κ3) is 3.72. The Morgan fingerprint density at radius 1 is 1.24 bits per heavy atom. The fraction of sp³-hybridized carbons (Fsp3) is 0.312. The van der Waals surface area contributed by atoms with Gasteiger partial charge in [0.15, 0.2) is 11.5 Å². The van der Waals surface area contributed by atoms with E-state index < -0.39 is 17.9 Å². The van der Waals surface area contributed by atoms with E-state index in [1.54, 1.807) is 18.2 Å². The zero-order valence-corrected chi connectivity index (χ0v) is 15.7. The topological polar surface area (TPSA) is 88.1 Å². The maximum atomic E-state index is 12.5. The van der Waals surface area contributed by atoms with E-state index in [-0.39, 0.29) is 4.32 Å². The van der Waals surface area contributed by atoms with Gasteiger partial charge < -0.3 is 24.1 Å². The molecule has 1 amide bonds. The van der Waals surface area contributed by atoms with E-state index in [9.17, 15) is 14.7 Å². The molecule has 2 rings (SSSR count). The van der Waals surface area contributed by atoms with E-state index in [1.165, 1.54) is 28.3 Å². The van der Waals surface area contributed by atoms with Crippen molar-refractivity contribution < 1.29 is 28.9 Å². The lowest BCUT2D eigenvalue weighted by Crippen LogP contribution is -2.48. The van der Waals surface area contributed by atoms with Crippen molar-refractivity contribution in [1.29, 1.82) is 0 Å². The predicted octanol–water partition coefficient (Wildman–Crippen LogP) is 1.05. The molecule has 0 spiro atoms. The molecule has 0 aromatic heterocycles. The lowest BCUT2D eigenvalue weighted by atomic mass is 10.1. The second-order valence-electron chi connectivity index (χ2n) is 5.01. The molecule has 0 N–H and O–H groups in total. The molecule has 25 heavy (non-hydrogen) atoms. The van der Waals surface area contributed by atoms with Crippen LogP contribution >= 0.6 is 24.0 Å². The highest BCUT2D eigenvalue weighted by molar-refractivity contribution is 8.26. The number of hydrogen-bond donors (Lipinski definition) is 0. The zero-order valence-electron chi connectivity index (χ0n) is 14.0. The maximum absolute atomic E-state index is 12.5. The van der Waals surface area contributed by atoms with Crippen molar-refractivity contribution in [3.63, 3.8) is 0 Å². The monoisotopic (exact) mass is 382 g/mol. The van der Waals surface area contributed by atoms with Crippen molar-refractivity contribution in [3.05, 3.63) is 22.6 Å². The van der Waals surface area contributed by atoms with Crippen molar-refractivity contribution in [3.8, 4) is 17.2 Å². The highest BCUT2D eigenvalue weighted by Gasteiger charge is 2.35. The van der Waals surface area contributed by atoms with Crippen molar-refractivity contribution >= 4 is 46.3 Å². The number of thioether (sulfide) groups is 1. The highest BCUT2D eigenvalue weighted by atomic mass is 32.2. The molecule has 0 bridgehead atoms. The first-order chi connectivity index (χ1) is 11.8. The van der Waals surface area contributed by atoms with Gasteiger partial charge in [0.25, 0.3) is 5.91 Å². The van der Waals surface area contributed by atoms with Gasteiger partial charge in [-0.05, 0) is 30.7 Å². The smallest absolute Gasteiger partial charge is 0.266 e. The number of methoxy groups -OCH3 is 3. The third-order valence-corrected chi connectivity index (χ3v) is 4.87. The van der Waals surface area contributed by atoms with Crippen molar-refractivity contribution in [2.45, 2.75) is 13.0 Å². The van der Waals surface area contributed by atoms with E-state index in [2.05, 4.69) is 0 Å². The molecule has 1 fully saturated rings. The zero-order chi connectivity index (χ0) is 18.7. The molecular weight excluding hydrogens is 366 g/mol. The van der Waals surface area contributed by atoms with Gasteiger partial charge in [0.1, 0.15) is 4.32 Å². The number of hydrogen-bond acceptors (Lipinski definition) is 8. The minimum atomic E-state index is -1.37. The molecule has 1 heterocycles. The largest absolute Gasteiger partial charge is 0.548 e. The lowest BCUT2D eigenvalue weighted by Gasteiger charge is -2.23. The molecule has 0 unspecified atom stereocenters. The average molecular weight is 382 g/mol. The van der Waals surface area contributed by atoms with Crippen LogP contribution in [0.3, 0.4) is 0 Å². The first-order valence-corrected chi connectivity index (χ1v) is 8.34. The minimum absolute atomic E-state index is 0.167. The van der Waals surface area contributed by atoms with Crippen LogP contribution in [0, 0.1) is 0 Å².